The Balaban J connectivity index is 3.83. The monoisotopic (exact) mass is 183 g/mol. The molecule has 0 aliphatic heterocycles. The first-order chi connectivity index (χ1) is 5.99. The molecular weight excluding hydrogens is 166 g/mol. The van der Waals surface area contributed by atoms with Crippen molar-refractivity contribution in [2.75, 3.05) is 6.54 Å². The molecule has 74 valence electrons. The highest BCUT2D eigenvalue weighted by atomic mass is 16.1. The second-order valence-corrected chi connectivity index (χ2v) is 3.42. The van der Waals surface area contributed by atoms with Gasteiger partial charge < -0.3 is 11.1 Å². The van der Waals surface area contributed by atoms with Crippen LogP contribution in [0.2, 0.25) is 0 Å². The van der Waals surface area contributed by atoms with Crippen LogP contribution < -0.4 is 11.1 Å². The molecule has 0 aromatic heterocycles. The number of nitriles is 1. The zero-order chi connectivity index (χ0) is 10.4. The summed E-state index contributed by atoms with van der Waals surface area (Å²) in [5.74, 6) is -0.438. The number of nitrogens with zero attached hydrogens (tertiary/aromatic N) is 1. The van der Waals surface area contributed by atoms with Crippen LogP contribution in [0.3, 0.4) is 0 Å². The van der Waals surface area contributed by atoms with E-state index in [2.05, 4.69) is 5.32 Å². The van der Waals surface area contributed by atoms with Crippen LogP contribution in [0.15, 0.2) is 0 Å². The van der Waals surface area contributed by atoms with Crippen molar-refractivity contribution in [2.24, 2.45) is 17.6 Å². The molecule has 0 aromatic carbocycles. The van der Waals surface area contributed by atoms with E-state index in [1.807, 2.05) is 6.07 Å². The Hall–Kier alpha value is -1.08. The molecule has 3 atom stereocenters. The highest BCUT2D eigenvalue weighted by Crippen LogP contribution is 1.99. The highest BCUT2D eigenvalue weighted by Gasteiger charge is 2.16. The van der Waals surface area contributed by atoms with Crippen LogP contribution in [0.1, 0.15) is 20.8 Å². The van der Waals surface area contributed by atoms with Crippen molar-refractivity contribution in [3.05, 3.63) is 0 Å². The maximum absolute atomic E-state index is 11.3. The minimum atomic E-state index is -0.203. The van der Waals surface area contributed by atoms with Crippen LogP contribution in [0.25, 0.3) is 0 Å². The van der Waals surface area contributed by atoms with Crippen LogP contribution in [0.5, 0.6) is 0 Å². The van der Waals surface area contributed by atoms with Gasteiger partial charge in [-0.25, -0.2) is 0 Å². The Morgan fingerprint density at radius 1 is 1.54 bits per heavy atom. The fourth-order valence-corrected chi connectivity index (χ4v) is 0.699. The summed E-state index contributed by atoms with van der Waals surface area (Å²) in [6, 6.07) is 1.89. The number of nitrogens with two attached hydrogens (primary N) is 1. The van der Waals surface area contributed by atoms with Gasteiger partial charge in [-0.2, -0.15) is 5.26 Å². The summed E-state index contributed by atoms with van der Waals surface area (Å²) in [4.78, 5) is 11.3. The fraction of sp³-hybridized carbons (Fsp3) is 0.778. The Bertz CT molecular complexity index is 207. The van der Waals surface area contributed by atoms with Crippen LogP contribution in [0.4, 0.5) is 0 Å². The Morgan fingerprint density at radius 3 is 2.46 bits per heavy atom. The van der Waals surface area contributed by atoms with Crippen LogP contribution in [-0.2, 0) is 4.79 Å². The van der Waals surface area contributed by atoms with E-state index in [-0.39, 0.29) is 23.8 Å². The van der Waals surface area contributed by atoms with Gasteiger partial charge in [0, 0.05) is 18.5 Å². The van der Waals surface area contributed by atoms with Gasteiger partial charge in [-0.3, -0.25) is 4.79 Å². The van der Waals surface area contributed by atoms with Crippen molar-refractivity contribution < 1.29 is 4.79 Å². The molecule has 0 aliphatic rings. The smallest absolute Gasteiger partial charge is 0.224 e. The summed E-state index contributed by atoms with van der Waals surface area (Å²) in [5.41, 5.74) is 5.55. The summed E-state index contributed by atoms with van der Waals surface area (Å²) in [6.07, 6.45) is 0. The van der Waals surface area contributed by atoms with E-state index in [1.54, 1.807) is 20.8 Å². The Kier molecular flexibility index (Phi) is 5.09. The number of hydrogen-bond donors (Lipinski definition) is 2. The van der Waals surface area contributed by atoms with Gasteiger partial charge >= 0.3 is 0 Å². The van der Waals surface area contributed by atoms with Crippen molar-refractivity contribution >= 4 is 5.91 Å². The number of nitrogens with one attached hydrogen (secondary N) is 1. The average molecular weight is 183 g/mol. The zero-order valence-electron chi connectivity index (χ0n) is 8.37. The summed E-state index contributed by atoms with van der Waals surface area (Å²) in [6.45, 7) is 5.72. The molecule has 1 amide bonds. The summed E-state index contributed by atoms with van der Waals surface area (Å²) in [5, 5.41) is 11.1. The summed E-state index contributed by atoms with van der Waals surface area (Å²) in [7, 11) is 0. The standard InChI is InChI=1S/C9H17N3O/c1-6(4-10)5-12-9(13)7(2)8(3)11/h6-8H,5,11H2,1-3H3,(H,12,13). The number of rotatable bonds is 4. The molecule has 0 rings (SSSR count). The van der Waals surface area contributed by atoms with Gasteiger partial charge in [0.05, 0.1) is 12.0 Å². The minimum Gasteiger partial charge on any atom is -0.355 e. The lowest BCUT2D eigenvalue weighted by Crippen LogP contribution is -2.40. The van der Waals surface area contributed by atoms with Crippen LogP contribution >= 0.6 is 0 Å². The van der Waals surface area contributed by atoms with Crippen molar-refractivity contribution in [3.63, 3.8) is 0 Å². The molecule has 0 aromatic rings. The second-order valence-electron chi connectivity index (χ2n) is 3.42. The number of carbonyl (C=O) groups is 1. The van der Waals surface area contributed by atoms with Gasteiger partial charge in [0.15, 0.2) is 0 Å². The lowest BCUT2D eigenvalue weighted by molar-refractivity contribution is -0.125. The third kappa shape index (κ3) is 4.48. The molecule has 0 saturated carbocycles. The van der Waals surface area contributed by atoms with E-state index in [0.29, 0.717) is 6.54 Å². The number of hydrogen-bond acceptors (Lipinski definition) is 3. The molecule has 13 heavy (non-hydrogen) atoms. The topological polar surface area (TPSA) is 78.9 Å². The van der Waals surface area contributed by atoms with Gasteiger partial charge in [0.25, 0.3) is 0 Å². The zero-order valence-corrected chi connectivity index (χ0v) is 8.37. The lowest BCUT2D eigenvalue weighted by Gasteiger charge is -2.15. The molecule has 0 aliphatic carbocycles. The first kappa shape index (κ1) is 11.9. The maximum Gasteiger partial charge on any atom is 0.224 e. The van der Waals surface area contributed by atoms with Crippen LogP contribution in [-0.4, -0.2) is 18.5 Å². The quantitative estimate of drug-likeness (QED) is 0.655. The van der Waals surface area contributed by atoms with Crippen molar-refractivity contribution in [1.82, 2.24) is 5.32 Å². The third-order valence-corrected chi connectivity index (χ3v) is 2.01. The summed E-state index contributed by atoms with van der Waals surface area (Å²) >= 11 is 0. The second kappa shape index (κ2) is 5.55. The predicted octanol–water partition coefficient (Wildman–Crippen LogP) is 0.246. The molecule has 0 spiro atoms. The summed E-state index contributed by atoms with van der Waals surface area (Å²) < 4.78 is 0. The normalized spacial score (nSPS) is 16.8. The van der Waals surface area contributed by atoms with Gasteiger partial charge in [0.1, 0.15) is 0 Å². The maximum atomic E-state index is 11.3. The Labute approximate surface area is 79.1 Å². The fourth-order valence-electron chi connectivity index (χ4n) is 0.699. The van der Waals surface area contributed by atoms with Gasteiger partial charge in [0.2, 0.25) is 5.91 Å². The van der Waals surface area contributed by atoms with E-state index in [9.17, 15) is 4.79 Å². The first-order valence-corrected chi connectivity index (χ1v) is 4.42. The minimum absolute atomic E-state index is 0.0860. The largest absolute Gasteiger partial charge is 0.355 e. The SMILES string of the molecule is CC(C#N)CNC(=O)C(C)C(C)N. The van der Waals surface area contributed by atoms with E-state index < -0.39 is 0 Å². The molecule has 3 unspecified atom stereocenters. The average Bonchev–Trinajstić information content (AvgIpc) is 2.11. The highest BCUT2D eigenvalue weighted by molar-refractivity contribution is 5.78. The lowest BCUT2D eigenvalue weighted by atomic mass is 10.0. The number of carbonyl (C=O) groups excluding carboxylic acids is 1. The van der Waals surface area contributed by atoms with Gasteiger partial charge in [-0.05, 0) is 13.8 Å². The van der Waals surface area contributed by atoms with Crippen molar-refractivity contribution in [3.8, 4) is 6.07 Å². The third-order valence-electron chi connectivity index (χ3n) is 2.01. The predicted molar refractivity (Wildman–Crippen MR) is 50.6 cm³/mol. The van der Waals surface area contributed by atoms with E-state index in [0.717, 1.165) is 0 Å². The number of amides is 1. The van der Waals surface area contributed by atoms with Crippen LogP contribution in [0, 0.1) is 23.2 Å². The molecule has 0 heterocycles. The van der Waals surface area contributed by atoms with Gasteiger partial charge in [-0.15, -0.1) is 0 Å². The van der Waals surface area contributed by atoms with Crippen molar-refractivity contribution in [1.29, 1.82) is 5.26 Å². The molecule has 0 bridgehead atoms. The van der Waals surface area contributed by atoms with Gasteiger partial charge in [-0.1, -0.05) is 6.92 Å². The molecule has 4 nitrogen and oxygen atoms in total. The van der Waals surface area contributed by atoms with E-state index in [4.69, 9.17) is 11.0 Å². The molecule has 3 N–H and O–H groups in total. The molecule has 0 saturated heterocycles. The molecule has 0 radical (unpaired) electrons. The van der Waals surface area contributed by atoms with Crippen molar-refractivity contribution in [2.45, 2.75) is 26.8 Å². The first-order valence-electron chi connectivity index (χ1n) is 4.42. The van der Waals surface area contributed by atoms with E-state index >= 15 is 0 Å². The van der Waals surface area contributed by atoms with E-state index in [1.165, 1.54) is 0 Å². The molecular formula is C9H17N3O. The Morgan fingerprint density at radius 2 is 2.08 bits per heavy atom. The molecule has 0 fully saturated rings. The molecule has 4 heteroatoms.